The van der Waals surface area contributed by atoms with E-state index in [1.54, 1.807) is 12.4 Å². The van der Waals surface area contributed by atoms with Crippen molar-refractivity contribution in [1.82, 2.24) is 20.1 Å². The van der Waals surface area contributed by atoms with Gasteiger partial charge in [0.1, 0.15) is 12.2 Å². The molecule has 146 valence electrons. The third kappa shape index (κ3) is 4.73. The standard InChI is InChI=1S/C21H22Cl2N4O/c22-17-9-15(10-18(23)11-17)13-28-19-7-4-8-27(12-20-24-14-25-26-20)21(19)16-5-2-1-3-6-16/h1-3,5-6,9-11,14,19,21H,4,7-8,12-13H2,(H,24,25,26)/t19-,21-/m0/s1. The average molecular weight is 417 g/mol. The number of ether oxygens (including phenoxy) is 1. The second-order valence-electron chi connectivity index (χ2n) is 7.03. The van der Waals surface area contributed by atoms with E-state index in [-0.39, 0.29) is 12.1 Å². The highest BCUT2D eigenvalue weighted by Crippen LogP contribution is 2.35. The Morgan fingerprint density at radius 3 is 2.61 bits per heavy atom. The Morgan fingerprint density at radius 1 is 1.11 bits per heavy atom. The largest absolute Gasteiger partial charge is 0.372 e. The molecule has 3 aromatic rings. The van der Waals surface area contributed by atoms with Crippen molar-refractivity contribution in [3.05, 3.63) is 81.9 Å². The fourth-order valence-electron chi connectivity index (χ4n) is 3.85. The number of rotatable bonds is 6. The van der Waals surface area contributed by atoms with Gasteiger partial charge < -0.3 is 4.74 Å². The number of hydrogen-bond acceptors (Lipinski definition) is 4. The summed E-state index contributed by atoms with van der Waals surface area (Å²) in [6.45, 7) is 2.18. The van der Waals surface area contributed by atoms with E-state index in [4.69, 9.17) is 27.9 Å². The second-order valence-corrected chi connectivity index (χ2v) is 7.90. The Bertz CT molecular complexity index is 868. The van der Waals surface area contributed by atoms with Crippen molar-refractivity contribution in [2.75, 3.05) is 6.54 Å². The van der Waals surface area contributed by atoms with Crippen LogP contribution in [0.5, 0.6) is 0 Å². The van der Waals surface area contributed by atoms with Crippen molar-refractivity contribution in [1.29, 1.82) is 0 Å². The molecule has 0 saturated carbocycles. The number of nitrogens with one attached hydrogen (secondary N) is 1. The Kier molecular flexibility index (Phi) is 6.27. The van der Waals surface area contributed by atoms with E-state index in [1.165, 1.54) is 5.56 Å². The maximum atomic E-state index is 6.39. The van der Waals surface area contributed by atoms with Gasteiger partial charge >= 0.3 is 0 Å². The lowest BCUT2D eigenvalue weighted by atomic mass is 9.92. The van der Waals surface area contributed by atoms with Crippen molar-refractivity contribution in [3.63, 3.8) is 0 Å². The number of halogens is 2. The summed E-state index contributed by atoms with van der Waals surface area (Å²) in [6, 6.07) is 16.2. The van der Waals surface area contributed by atoms with Crippen molar-refractivity contribution < 1.29 is 4.74 Å². The van der Waals surface area contributed by atoms with Crippen molar-refractivity contribution >= 4 is 23.2 Å². The van der Waals surface area contributed by atoms with Gasteiger partial charge in [0, 0.05) is 10.0 Å². The molecule has 2 aromatic carbocycles. The highest BCUT2D eigenvalue weighted by atomic mass is 35.5. The fraction of sp³-hybridized carbons (Fsp3) is 0.333. The van der Waals surface area contributed by atoms with Crippen LogP contribution in [-0.4, -0.2) is 32.7 Å². The third-order valence-corrected chi connectivity index (χ3v) is 5.46. The van der Waals surface area contributed by atoms with Gasteiger partial charge in [-0.1, -0.05) is 53.5 Å². The van der Waals surface area contributed by atoms with E-state index in [9.17, 15) is 0 Å². The van der Waals surface area contributed by atoms with Gasteiger partial charge in [0.25, 0.3) is 0 Å². The average Bonchev–Trinajstić information content (AvgIpc) is 3.19. The topological polar surface area (TPSA) is 54.0 Å². The zero-order valence-electron chi connectivity index (χ0n) is 15.4. The number of hydrogen-bond donors (Lipinski definition) is 1. The molecule has 5 nitrogen and oxygen atoms in total. The molecule has 1 N–H and O–H groups in total. The van der Waals surface area contributed by atoms with Crippen molar-refractivity contribution in [3.8, 4) is 0 Å². The molecule has 4 rings (SSSR count). The van der Waals surface area contributed by atoms with Crippen LogP contribution in [-0.2, 0) is 17.9 Å². The number of likely N-dealkylation sites (tertiary alicyclic amines) is 1. The number of nitrogens with zero attached hydrogens (tertiary/aromatic N) is 3. The van der Waals surface area contributed by atoms with Crippen LogP contribution in [0.25, 0.3) is 0 Å². The number of piperidine rings is 1. The molecule has 0 bridgehead atoms. The van der Waals surface area contributed by atoms with Gasteiger partial charge in [-0.3, -0.25) is 10.00 Å². The van der Waals surface area contributed by atoms with Crippen molar-refractivity contribution in [2.24, 2.45) is 0 Å². The van der Waals surface area contributed by atoms with Gasteiger partial charge in [-0.15, -0.1) is 0 Å². The summed E-state index contributed by atoms with van der Waals surface area (Å²) in [7, 11) is 0. The van der Waals surface area contributed by atoms with E-state index in [0.717, 1.165) is 30.8 Å². The van der Waals surface area contributed by atoms with Crippen LogP contribution in [0.4, 0.5) is 0 Å². The molecule has 1 aromatic heterocycles. The molecule has 0 aliphatic carbocycles. The molecular weight excluding hydrogens is 395 g/mol. The molecule has 0 spiro atoms. The minimum absolute atomic E-state index is 0.0665. The van der Waals surface area contributed by atoms with Gasteiger partial charge in [0.15, 0.2) is 0 Å². The quantitative estimate of drug-likeness (QED) is 0.611. The van der Waals surface area contributed by atoms with Crippen LogP contribution in [0.1, 0.15) is 35.8 Å². The van der Waals surface area contributed by atoms with E-state index in [0.29, 0.717) is 23.2 Å². The highest BCUT2D eigenvalue weighted by Gasteiger charge is 2.33. The van der Waals surface area contributed by atoms with Crippen LogP contribution in [0, 0.1) is 0 Å². The van der Waals surface area contributed by atoms with Gasteiger partial charge in [0.2, 0.25) is 0 Å². The van der Waals surface area contributed by atoms with E-state index < -0.39 is 0 Å². The van der Waals surface area contributed by atoms with Gasteiger partial charge in [0.05, 0.1) is 25.3 Å². The molecule has 28 heavy (non-hydrogen) atoms. The Morgan fingerprint density at radius 2 is 1.89 bits per heavy atom. The summed E-state index contributed by atoms with van der Waals surface area (Å²) < 4.78 is 6.39. The molecular formula is C21H22Cl2N4O. The zero-order valence-corrected chi connectivity index (χ0v) is 16.9. The van der Waals surface area contributed by atoms with Crippen LogP contribution >= 0.6 is 23.2 Å². The van der Waals surface area contributed by atoms with Crippen LogP contribution in [0.15, 0.2) is 54.9 Å². The summed E-state index contributed by atoms with van der Waals surface area (Å²) in [4.78, 5) is 6.71. The number of benzene rings is 2. The lowest BCUT2D eigenvalue weighted by molar-refractivity contribution is -0.0559. The Hall–Kier alpha value is -1.92. The first-order chi connectivity index (χ1) is 13.7. The van der Waals surface area contributed by atoms with Gasteiger partial charge in [-0.2, -0.15) is 5.10 Å². The molecule has 0 unspecified atom stereocenters. The molecule has 0 radical (unpaired) electrons. The minimum atomic E-state index is 0.0665. The first-order valence-corrected chi connectivity index (χ1v) is 10.1. The predicted molar refractivity (Wildman–Crippen MR) is 110 cm³/mol. The highest BCUT2D eigenvalue weighted by molar-refractivity contribution is 6.34. The summed E-state index contributed by atoms with van der Waals surface area (Å²) in [5.41, 5.74) is 2.23. The third-order valence-electron chi connectivity index (χ3n) is 5.02. The minimum Gasteiger partial charge on any atom is -0.372 e. The second kappa shape index (κ2) is 9.05. The number of aromatic amines is 1. The normalized spacial score (nSPS) is 20.4. The predicted octanol–water partition coefficient (Wildman–Crippen LogP) is 5.03. The number of H-pyrrole nitrogens is 1. The zero-order chi connectivity index (χ0) is 19.3. The maximum Gasteiger partial charge on any atom is 0.138 e. The molecule has 0 amide bonds. The monoisotopic (exact) mass is 416 g/mol. The first-order valence-electron chi connectivity index (χ1n) is 9.39. The molecule has 1 fully saturated rings. The molecule has 1 aliphatic rings. The lowest BCUT2D eigenvalue weighted by Crippen LogP contribution is -2.42. The molecule has 2 heterocycles. The van der Waals surface area contributed by atoms with Crippen LogP contribution in [0.3, 0.4) is 0 Å². The Labute approximate surface area is 174 Å². The molecule has 2 atom stereocenters. The smallest absolute Gasteiger partial charge is 0.138 e. The number of aromatic nitrogens is 3. The summed E-state index contributed by atoms with van der Waals surface area (Å²) in [5.74, 6) is 0.864. The molecule has 1 saturated heterocycles. The molecule has 1 aliphatic heterocycles. The molecule has 7 heteroatoms. The van der Waals surface area contributed by atoms with Crippen LogP contribution in [0.2, 0.25) is 10.0 Å². The van der Waals surface area contributed by atoms with Crippen LogP contribution < -0.4 is 0 Å². The van der Waals surface area contributed by atoms with Crippen molar-refractivity contribution in [2.45, 2.75) is 38.1 Å². The lowest BCUT2D eigenvalue weighted by Gasteiger charge is -2.41. The summed E-state index contributed by atoms with van der Waals surface area (Å²) in [6.07, 6.45) is 3.68. The maximum absolute atomic E-state index is 6.39. The Balaban J connectivity index is 1.55. The van der Waals surface area contributed by atoms with Gasteiger partial charge in [-0.25, -0.2) is 4.98 Å². The van der Waals surface area contributed by atoms with E-state index in [1.807, 2.05) is 18.2 Å². The SMILES string of the molecule is Clc1cc(Cl)cc(CO[C@H]2CCCN(Cc3ncn[nH]3)[C@H]2c2ccccc2)c1. The van der Waals surface area contributed by atoms with Gasteiger partial charge in [-0.05, 0) is 48.7 Å². The first kappa shape index (κ1) is 19.4. The van der Waals surface area contributed by atoms with E-state index >= 15 is 0 Å². The fourth-order valence-corrected chi connectivity index (χ4v) is 4.42. The summed E-state index contributed by atoms with van der Waals surface area (Å²) in [5, 5.41) is 8.20. The summed E-state index contributed by atoms with van der Waals surface area (Å²) >= 11 is 12.3. The van der Waals surface area contributed by atoms with E-state index in [2.05, 4.69) is 44.3 Å².